The number of carbonyl (C=O) groups is 3. The first-order valence-corrected chi connectivity index (χ1v) is 7.80. The van der Waals surface area contributed by atoms with Gasteiger partial charge in [-0.1, -0.05) is 30.3 Å². The molecule has 1 fully saturated rings. The molecule has 1 aliphatic heterocycles. The van der Waals surface area contributed by atoms with E-state index in [-0.39, 0.29) is 10.8 Å². The van der Waals surface area contributed by atoms with Crippen molar-refractivity contribution in [1.82, 2.24) is 14.9 Å². The van der Waals surface area contributed by atoms with E-state index in [4.69, 9.17) is 10.3 Å². The fourth-order valence-electron chi connectivity index (χ4n) is 2.05. The van der Waals surface area contributed by atoms with Crippen LogP contribution in [0.15, 0.2) is 30.3 Å². The number of amides is 4. The molecule has 1 aliphatic rings. The van der Waals surface area contributed by atoms with E-state index in [0.29, 0.717) is 5.56 Å². The van der Waals surface area contributed by atoms with Gasteiger partial charge in [0.05, 0.1) is 6.54 Å². The van der Waals surface area contributed by atoms with E-state index in [2.05, 4.69) is 10.6 Å². The maximum atomic E-state index is 12.2. The van der Waals surface area contributed by atoms with Gasteiger partial charge in [-0.3, -0.25) is 14.1 Å². The smallest absolute Gasteiger partial charge is 0.352 e. The number of carbonyl (C=O) groups excluding carboxylic acids is 3. The van der Waals surface area contributed by atoms with Crippen LogP contribution in [0.4, 0.5) is 4.79 Å². The Morgan fingerprint density at radius 3 is 2.39 bits per heavy atom. The zero-order chi connectivity index (χ0) is 17.2. The predicted molar refractivity (Wildman–Crippen MR) is 77.1 cm³/mol. The standard InChI is InChI=1S/C12H14N4O6S/c13-12(19)15-9(7-4-2-1-3-5-7)10(17)14-8-6-16(11(8)18)23(20,21)22/h1-5,8-9H,6H2,(H,14,17)(H3,13,15,19)(H,20,21,22). The number of nitrogens with one attached hydrogen (secondary N) is 2. The predicted octanol–water partition coefficient (Wildman–Crippen LogP) is -1.47. The Morgan fingerprint density at radius 2 is 1.91 bits per heavy atom. The highest BCUT2D eigenvalue weighted by Gasteiger charge is 2.45. The summed E-state index contributed by atoms with van der Waals surface area (Å²) in [7, 11) is -4.63. The second-order valence-corrected chi connectivity index (χ2v) is 6.10. The van der Waals surface area contributed by atoms with Crippen LogP contribution in [0.3, 0.4) is 0 Å². The number of β-lactam (4-membered cyclic amide) rings is 1. The van der Waals surface area contributed by atoms with Crippen molar-refractivity contribution in [3.8, 4) is 0 Å². The average Bonchev–Trinajstić information content (AvgIpc) is 2.47. The zero-order valence-corrected chi connectivity index (χ0v) is 12.5. The second kappa shape index (κ2) is 6.22. The molecule has 2 unspecified atom stereocenters. The second-order valence-electron chi connectivity index (χ2n) is 4.76. The van der Waals surface area contributed by atoms with Crippen LogP contribution in [-0.2, 0) is 19.9 Å². The molecule has 5 N–H and O–H groups in total. The molecule has 0 aliphatic carbocycles. The van der Waals surface area contributed by atoms with Gasteiger partial charge < -0.3 is 16.4 Å². The summed E-state index contributed by atoms with van der Waals surface area (Å²) in [6.07, 6.45) is 0. The Hall–Kier alpha value is -2.66. The summed E-state index contributed by atoms with van der Waals surface area (Å²) in [5, 5.41) is 4.54. The van der Waals surface area contributed by atoms with E-state index in [1.807, 2.05) is 0 Å². The van der Waals surface area contributed by atoms with E-state index < -0.39 is 40.2 Å². The van der Waals surface area contributed by atoms with Crippen molar-refractivity contribution in [1.29, 1.82) is 0 Å². The quantitative estimate of drug-likeness (QED) is 0.377. The number of urea groups is 1. The molecule has 124 valence electrons. The number of nitrogens with zero attached hydrogens (tertiary/aromatic N) is 1. The first-order chi connectivity index (χ1) is 10.7. The molecule has 1 saturated heterocycles. The van der Waals surface area contributed by atoms with Gasteiger partial charge in [0.15, 0.2) is 0 Å². The first-order valence-electron chi connectivity index (χ1n) is 6.40. The van der Waals surface area contributed by atoms with Gasteiger partial charge in [-0.2, -0.15) is 8.42 Å². The normalized spacial score (nSPS) is 18.7. The lowest BCUT2D eigenvalue weighted by Crippen LogP contribution is -2.66. The minimum atomic E-state index is -4.63. The number of primary amides is 1. The average molecular weight is 342 g/mol. The zero-order valence-electron chi connectivity index (χ0n) is 11.7. The van der Waals surface area contributed by atoms with Crippen LogP contribution in [0.5, 0.6) is 0 Å². The lowest BCUT2D eigenvalue weighted by atomic mass is 10.0. The summed E-state index contributed by atoms with van der Waals surface area (Å²) in [4.78, 5) is 34.9. The molecule has 2 atom stereocenters. The molecule has 4 amide bonds. The van der Waals surface area contributed by atoms with Crippen LogP contribution in [0.1, 0.15) is 11.6 Å². The van der Waals surface area contributed by atoms with Gasteiger partial charge >= 0.3 is 16.3 Å². The number of rotatable bonds is 5. The molecule has 0 saturated carbocycles. The van der Waals surface area contributed by atoms with E-state index >= 15 is 0 Å². The van der Waals surface area contributed by atoms with Crippen molar-refractivity contribution in [2.24, 2.45) is 5.73 Å². The lowest BCUT2D eigenvalue weighted by Gasteiger charge is -2.36. The Labute approximate surface area is 131 Å². The lowest BCUT2D eigenvalue weighted by molar-refractivity contribution is -0.141. The summed E-state index contributed by atoms with van der Waals surface area (Å²) >= 11 is 0. The molecule has 1 aromatic rings. The third-order valence-electron chi connectivity index (χ3n) is 3.17. The van der Waals surface area contributed by atoms with Crippen molar-refractivity contribution < 1.29 is 27.4 Å². The molecular weight excluding hydrogens is 328 g/mol. The molecule has 0 spiro atoms. The summed E-state index contributed by atoms with van der Waals surface area (Å²) in [5.74, 6) is -1.70. The Morgan fingerprint density at radius 1 is 1.30 bits per heavy atom. The van der Waals surface area contributed by atoms with E-state index in [0.717, 1.165) is 0 Å². The SMILES string of the molecule is NC(=O)NC(C(=O)NC1CN(S(=O)(=O)O)C1=O)c1ccccc1. The van der Waals surface area contributed by atoms with Gasteiger partial charge in [-0.05, 0) is 5.56 Å². The third-order valence-corrected chi connectivity index (χ3v) is 4.06. The molecule has 0 aromatic heterocycles. The number of benzene rings is 1. The Kier molecular flexibility index (Phi) is 4.52. The van der Waals surface area contributed by atoms with Crippen LogP contribution >= 0.6 is 0 Å². The summed E-state index contributed by atoms with van der Waals surface area (Å²) in [5.41, 5.74) is 5.47. The molecule has 0 bridgehead atoms. The summed E-state index contributed by atoms with van der Waals surface area (Å²) in [6.45, 7) is -0.387. The van der Waals surface area contributed by atoms with Crippen molar-refractivity contribution in [3.05, 3.63) is 35.9 Å². The van der Waals surface area contributed by atoms with Crippen LogP contribution in [-0.4, -0.2) is 47.7 Å². The summed E-state index contributed by atoms with van der Waals surface area (Å²) < 4.78 is 30.6. The van der Waals surface area contributed by atoms with Gasteiger partial charge in [0.25, 0.3) is 5.91 Å². The minimum absolute atomic E-state index is 0.219. The van der Waals surface area contributed by atoms with Gasteiger partial charge in [-0.15, -0.1) is 0 Å². The Balaban J connectivity index is 2.08. The molecular formula is C12H14N4O6S. The molecule has 10 nitrogen and oxygen atoms in total. The van der Waals surface area contributed by atoms with Crippen molar-refractivity contribution in [2.45, 2.75) is 12.1 Å². The topological polar surface area (TPSA) is 159 Å². The number of hydrogen-bond acceptors (Lipinski definition) is 5. The van der Waals surface area contributed by atoms with Crippen LogP contribution in [0, 0.1) is 0 Å². The van der Waals surface area contributed by atoms with Gasteiger partial charge in [0.1, 0.15) is 12.1 Å². The first kappa shape index (κ1) is 16.7. The molecule has 1 aromatic carbocycles. The minimum Gasteiger partial charge on any atom is -0.352 e. The molecule has 0 radical (unpaired) electrons. The maximum Gasteiger partial charge on any atom is 0.362 e. The van der Waals surface area contributed by atoms with E-state index in [1.54, 1.807) is 30.3 Å². The fraction of sp³-hybridized carbons (Fsp3) is 0.250. The number of nitrogens with two attached hydrogens (primary N) is 1. The van der Waals surface area contributed by atoms with Crippen molar-refractivity contribution in [2.75, 3.05) is 6.54 Å². The van der Waals surface area contributed by atoms with Crippen molar-refractivity contribution in [3.63, 3.8) is 0 Å². The molecule has 11 heteroatoms. The van der Waals surface area contributed by atoms with Gasteiger partial charge in [-0.25, -0.2) is 9.10 Å². The van der Waals surface area contributed by atoms with Crippen LogP contribution < -0.4 is 16.4 Å². The van der Waals surface area contributed by atoms with Gasteiger partial charge in [0.2, 0.25) is 5.91 Å². The van der Waals surface area contributed by atoms with E-state index in [1.165, 1.54) is 0 Å². The molecule has 1 heterocycles. The highest BCUT2D eigenvalue weighted by atomic mass is 32.2. The maximum absolute atomic E-state index is 12.2. The van der Waals surface area contributed by atoms with Crippen LogP contribution in [0.25, 0.3) is 0 Å². The molecule has 23 heavy (non-hydrogen) atoms. The number of hydrogen-bond donors (Lipinski definition) is 4. The monoisotopic (exact) mass is 342 g/mol. The highest BCUT2D eigenvalue weighted by Crippen LogP contribution is 2.17. The summed E-state index contributed by atoms with van der Waals surface area (Å²) in [6, 6.07) is 4.97. The largest absolute Gasteiger partial charge is 0.362 e. The van der Waals surface area contributed by atoms with Crippen molar-refractivity contribution >= 4 is 28.1 Å². The van der Waals surface area contributed by atoms with E-state index in [9.17, 15) is 22.8 Å². The fourth-order valence-corrected chi connectivity index (χ4v) is 2.75. The van der Waals surface area contributed by atoms with Gasteiger partial charge in [0, 0.05) is 0 Å². The highest BCUT2D eigenvalue weighted by molar-refractivity contribution is 7.84. The third kappa shape index (κ3) is 3.76. The molecule has 2 rings (SSSR count). The van der Waals surface area contributed by atoms with Crippen LogP contribution in [0.2, 0.25) is 0 Å². The Bertz CT molecular complexity index is 735.